The molecule has 4 heteroatoms. The Morgan fingerprint density at radius 3 is 2.22 bits per heavy atom. The van der Waals surface area contributed by atoms with E-state index in [-0.39, 0.29) is 12.1 Å². The number of fused-ring (bicyclic) bond motifs is 2. The number of halogens is 2. The molecule has 0 spiro atoms. The van der Waals surface area contributed by atoms with E-state index in [1.807, 2.05) is 24.3 Å². The SMILES string of the molecule is O=C(/C=C/c1ccc2c(Br)c3ccccc3c(Br)c2c1)OC1CCCCC1. The second kappa shape index (κ2) is 8.15. The minimum absolute atomic E-state index is 0.0870. The highest BCUT2D eigenvalue weighted by Gasteiger charge is 2.16. The lowest BCUT2D eigenvalue weighted by Crippen LogP contribution is -2.19. The van der Waals surface area contributed by atoms with Crippen LogP contribution in [0.3, 0.4) is 0 Å². The van der Waals surface area contributed by atoms with Crippen LogP contribution in [0.2, 0.25) is 0 Å². The Morgan fingerprint density at radius 2 is 1.52 bits per heavy atom. The van der Waals surface area contributed by atoms with Crippen molar-refractivity contribution in [2.45, 2.75) is 38.2 Å². The van der Waals surface area contributed by atoms with E-state index in [2.05, 4.69) is 56.1 Å². The summed E-state index contributed by atoms with van der Waals surface area (Å²) >= 11 is 7.51. The summed E-state index contributed by atoms with van der Waals surface area (Å²) in [6.07, 6.45) is 9.00. The number of esters is 1. The Kier molecular flexibility index (Phi) is 5.65. The first-order valence-electron chi connectivity index (χ1n) is 9.31. The Balaban J connectivity index is 1.62. The molecule has 0 unspecified atom stereocenters. The van der Waals surface area contributed by atoms with Crippen LogP contribution in [0, 0.1) is 0 Å². The molecule has 1 fully saturated rings. The van der Waals surface area contributed by atoms with Gasteiger partial charge >= 0.3 is 5.97 Å². The van der Waals surface area contributed by atoms with Gasteiger partial charge in [0.25, 0.3) is 0 Å². The highest BCUT2D eigenvalue weighted by atomic mass is 79.9. The van der Waals surface area contributed by atoms with Crippen molar-refractivity contribution < 1.29 is 9.53 Å². The molecule has 0 N–H and O–H groups in total. The quantitative estimate of drug-likeness (QED) is 0.218. The van der Waals surface area contributed by atoms with Gasteiger partial charge in [-0.25, -0.2) is 4.79 Å². The van der Waals surface area contributed by atoms with Gasteiger partial charge in [-0.3, -0.25) is 0 Å². The van der Waals surface area contributed by atoms with Crippen molar-refractivity contribution in [2.75, 3.05) is 0 Å². The number of carbonyl (C=O) groups is 1. The minimum atomic E-state index is -0.249. The van der Waals surface area contributed by atoms with Gasteiger partial charge in [0, 0.05) is 15.0 Å². The van der Waals surface area contributed by atoms with E-state index in [0.29, 0.717) is 0 Å². The van der Waals surface area contributed by atoms with Crippen molar-refractivity contribution in [3.05, 3.63) is 63.0 Å². The van der Waals surface area contributed by atoms with E-state index in [9.17, 15) is 4.79 Å². The number of benzene rings is 3. The van der Waals surface area contributed by atoms with Gasteiger partial charge < -0.3 is 4.74 Å². The Bertz CT molecular complexity index is 1030. The largest absolute Gasteiger partial charge is 0.459 e. The predicted molar refractivity (Wildman–Crippen MR) is 119 cm³/mol. The first-order valence-corrected chi connectivity index (χ1v) is 10.9. The maximum atomic E-state index is 12.1. The highest BCUT2D eigenvalue weighted by Crippen LogP contribution is 2.39. The topological polar surface area (TPSA) is 26.3 Å². The Labute approximate surface area is 175 Å². The molecule has 0 radical (unpaired) electrons. The maximum absolute atomic E-state index is 12.1. The zero-order chi connectivity index (χ0) is 18.8. The molecule has 1 saturated carbocycles. The molecule has 0 atom stereocenters. The first-order chi connectivity index (χ1) is 13.1. The summed E-state index contributed by atoms with van der Waals surface area (Å²) in [7, 11) is 0. The average molecular weight is 488 g/mol. The van der Waals surface area contributed by atoms with Crippen LogP contribution in [0.25, 0.3) is 27.6 Å². The molecule has 0 heterocycles. The summed E-state index contributed by atoms with van der Waals surface area (Å²) in [6.45, 7) is 0. The molecule has 0 bridgehead atoms. The van der Waals surface area contributed by atoms with Crippen LogP contribution in [0.15, 0.2) is 57.5 Å². The molecule has 2 nitrogen and oxygen atoms in total. The van der Waals surface area contributed by atoms with Gasteiger partial charge in [0.1, 0.15) is 6.10 Å². The van der Waals surface area contributed by atoms with Crippen molar-refractivity contribution >= 4 is 65.5 Å². The molecule has 0 saturated heterocycles. The van der Waals surface area contributed by atoms with Crippen molar-refractivity contribution in [3.63, 3.8) is 0 Å². The second-order valence-corrected chi connectivity index (χ2v) is 8.59. The third-order valence-electron chi connectivity index (χ3n) is 5.16. The normalized spacial score (nSPS) is 15.6. The fraction of sp³-hybridized carbons (Fsp3) is 0.261. The van der Waals surface area contributed by atoms with Crippen molar-refractivity contribution in [1.82, 2.24) is 0 Å². The molecule has 4 rings (SSSR count). The Hall–Kier alpha value is -1.65. The number of ether oxygens (including phenoxy) is 1. The zero-order valence-electron chi connectivity index (χ0n) is 14.9. The molecule has 3 aromatic rings. The summed E-state index contributed by atoms with van der Waals surface area (Å²) in [4.78, 5) is 12.1. The van der Waals surface area contributed by atoms with Gasteiger partial charge in [-0.2, -0.15) is 0 Å². The third kappa shape index (κ3) is 3.97. The summed E-state index contributed by atoms with van der Waals surface area (Å²) in [5, 5.41) is 4.59. The number of rotatable bonds is 3. The van der Waals surface area contributed by atoms with Crippen LogP contribution in [-0.4, -0.2) is 12.1 Å². The fourth-order valence-electron chi connectivity index (χ4n) is 3.75. The molecule has 138 valence electrons. The highest BCUT2D eigenvalue weighted by molar-refractivity contribution is 9.11. The number of hydrogen-bond acceptors (Lipinski definition) is 2. The Morgan fingerprint density at radius 1 is 0.889 bits per heavy atom. The van der Waals surface area contributed by atoms with Gasteiger partial charge in [0.2, 0.25) is 0 Å². The average Bonchev–Trinajstić information content (AvgIpc) is 2.71. The van der Waals surface area contributed by atoms with Crippen LogP contribution in [0.4, 0.5) is 0 Å². The predicted octanol–water partition coefficient (Wildman–Crippen LogP) is 7.41. The van der Waals surface area contributed by atoms with Gasteiger partial charge in [-0.05, 0) is 96.8 Å². The van der Waals surface area contributed by atoms with Gasteiger partial charge in [-0.1, -0.05) is 42.8 Å². The summed E-state index contributed by atoms with van der Waals surface area (Å²) in [5.74, 6) is -0.249. The van der Waals surface area contributed by atoms with Gasteiger partial charge in [-0.15, -0.1) is 0 Å². The minimum Gasteiger partial charge on any atom is -0.459 e. The van der Waals surface area contributed by atoms with Gasteiger partial charge in [0.15, 0.2) is 0 Å². The number of carbonyl (C=O) groups excluding carboxylic acids is 1. The van der Waals surface area contributed by atoms with Crippen molar-refractivity contribution in [1.29, 1.82) is 0 Å². The standard InChI is InChI=1S/C23H20Br2O2/c24-22-17-8-4-5-9-18(17)23(25)20-14-15(10-12-19(20)22)11-13-21(26)27-16-6-2-1-3-7-16/h4-5,8-14,16H,1-3,6-7H2/b13-11+. The van der Waals surface area contributed by atoms with E-state index >= 15 is 0 Å². The van der Waals surface area contributed by atoms with Crippen molar-refractivity contribution in [3.8, 4) is 0 Å². The lowest BCUT2D eigenvalue weighted by Gasteiger charge is -2.20. The molecule has 27 heavy (non-hydrogen) atoms. The fourth-order valence-corrected chi connectivity index (χ4v) is 5.11. The van der Waals surface area contributed by atoms with E-state index in [4.69, 9.17) is 4.74 Å². The monoisotopic (exact) mass is 486 g/mol. The molecular weight excluding hydrogens is 468 g/mol. The van der Waals surface area contributed by atoms with Crippen LogP contribution >= 0.6 is 31.9 Å². The van der Waals surface area contributed by atoms with Crippen LogP contribution in [0.1, 0.15) is 37.7 Å². The molecule has 0 aliphatic heterocycles. The summed E-state index contributed by atoms with van der Waals surface area (Å²) in [6, 6.07) is 14.5. The molecule has 0 amide bonds. The molecule has 1 aliphatic rings. The first kappa shape index (κ1) is 18.7. The zero-order valence-corrected chi connectivity index (χ0v) is 18.1. The lowest BCUT2D eigenvalue weighted by atomic mass is 9.98. The maximum Gasteiger partial charge on any atom is 0.331 e. The van der Waals surface area contributed by atoms with E-state index < -0.39 is 0 Å². The van der Waals surface area contributed by atoms with Crippen LogP contribution in [0.5, 0.6) is 0 Å². The second-order valence-electron chi connectivity index (χ2n) is 7.01. The molecule has 1 aliphatic carbocycles. The van der Waals surface area contributed by atoms with E-state index in [0.717, 1.165) is 56.4 Å². The molecule has 0 aromatic heterocycles. The third-order valence-corrected chi connectivity index (χ3v) is 6.87. The molecule has 3 aromatic carbocycles. The summed E-state index contributed by atoms with van der Waals surface area (Å²) in [5.41, 5.74) is 0.978. The van der Waals surface area contributed by atoms with Crippen molar-refractivity contribution in [2.24, 2.45) is 0 Å². The van der Waals surface area contributed by atoms with E-state index in [1.165, 1.54) is 11.8 Å². The summed E-state index contributed by atoms with van der Waals surface area (Å²) < 4.78 is 7.71. The number of hydrogen-bond donors (Lipinski definition) is 0. The smallest absolute Gasteiger partial charge is 0.331 e. The molecular formula is C23H20Br2O2. The van der Waals surface area contributed by atoms with Crippen LogP contribution < -0.4 is 0 Å². The van der Waals surface area contributed by atoms with Gasteiger partial charge in [0.05, 0.1) is 0 Å². The lowest BCUT2D eigenvalue weighted by molar-refractivity contribution is -0.144. The van der Waals surface area contributed by atoms with Crippen LogP contribution in [-0.2, 0) is 9.53 Å². The van der Waals surface area contributed by atoms with E-state index in [1.54, 1.807) is 6.08 Å².